The summed E-state index contributed by atoms with van der Waals surface area (Å²) in [6, 6.07) is 0.801. The van der Waals surface area contributed by atoms with Gasteiger partial charge >= 0.3 is 12.1 Å². The van der Waals surface area contributed by atoms with Gasteiger partial charge in [0.15, 0.2) is 0 Å². The molecule has 2 nitrogen and oxygen atoms in total. The van der Waals surface area contributed by atoms with Crippen LogP contribution in [0.1, 0.15) is 29.1 Å². The standard InChI is InChI=1S/C9H9F3O2S/c1-5(2)14-8(13)7-3-6(4-15-7)9(10,11)12/h3-5H,1-2H3. The zero-order chi connectivity index (χ0) is 11.6. The number of carbonyl (C=O) groups excluding carboxylic acids is 1. The summed E-state index contributed by atoms with van der Waals surface area (Å²) in [5.74, 6) is -0.717. The predicted octanol–water partition coefficient (Wildman–Crippen LogP) is 3.33. The molecule has 0 N–H and O–H groups in total. The molecule has 1 heterocycles. The summed E-state index contributed by atoms with van der Waals surface area (Å²) in [5, 5.41) is 0.900. The fourth-order valence-corrected chi connectivity index (χ4v) is 1.66. The summed E-state index contributed by atoms with van der Waals surface area (Å²) < 4.78 is 41.3. The number of hydrogen-bond donors (Lipinski definition) is 0. The highest BCUT2D eigenvalue weighted by Crippen LogP contribution is 2.32. The summed E-state index contributed by atoms with van der Waals surface area (Å²) in [7, 11) is 0. The first-order valence-corrected chi connectivity index (χ1v) is 5.05. The van der Waals surface area contributed by atoms with Crippen LogP contribution >= 0.6 is 11.3 Å². The number of rotatable bonds is 2. The second-order valence-electron chi connectivity index (χ2n) is 3.15. The second-order valence-corrected chi connectivity index (χ2v) is 4.06. The number of ether oxygens (including phenoxy) is 1. The molecule has 6 heteroatoms. The van der Waals surface area contributed by atoms with Crippen LogP contribution in [0.5, 0.6) is 0 Å². The van der Waals surface area contributed by atoms with E-state index in [1.807, 2.05) is 0 Å². The summed E-state index contributed by atoms with van der Waals surface area (Å²) in [4.78, 5) is 11.2. The number of thiophene rings is 1. The number of carbonyl (C=O) groups is 1. The smallest absolute Gasteiger partial charge is 0.417 e. The van der Waals surface area contributed by atoms with Crippen LogP contribution in [0.2, 0.25) is 0 Å². The van der Waals surface area contributed by atoms with Crippen LogP contribution < -0.4 is 0 Å². The van der Waals surface area contributed by atoms with Crippen molar-refractivity contribution in [2.75, 3.05) is 0 Å². The Morgan fingerprint density at radius 2 is 2.07 bits per heavy atom. The van der Waals surface area contributed by atoms with E-state index in [0.717, 1.165) is 22.8 Å². The minimum atomic E-state index is -4.41. The highest BCUT2D eigenvalue weighted by Gasteiger charge is 2.32. The summed E-state index contributed by atoms with van der Waals surface area (Å²) in [6.07, 6.45) is -4.75. The molecule has 1 aromatic rings. The molecule has 0 aliphatic carbocycles. The highest BCUT2D eigenvalue weighted by molar-refractivity contribution is 7.12. The van der Waals surface area contributed by atoms with Gasteiger partial charge in [0, 0.05) is 5.38 Å². The lowest BCUT2D eigenvalue weighted by atomic mass is 10.3. The van der Waals surface area contributed by atoms with E-state index in [1.165, 1.54) is 0 Å². The average molecular weight is 238 g/mol. The Hall–Kier alpha value is -1.04. The third-order valence-electron chi connectivity index (χ3n) is 1.47. The molecule has 0 bridgehead atoms. The van der Waals surface area contributed by atoms with E-state index in [9.17, 15) is 18.0 Å². The normalized spacial score (nSPS) is 11.9. The molecule has 0 saturated heterocycles. The van der Waals surface area contributed by atoms with Crippen LogP contribution in [-0.2, 0) is 10.9 Å². The molecule has 1 rings (SSSR count). The molecule has 0 aliphatic rings. The van der Waals surface area contributed by atoms with Gasteiger partial charge in [0.05, 0.1) is 11.7 Å². The van der Waals surface area contributed by atoms with Crippen LogP contribution in [0.25, 0.3) is 0 Å². The van der Waals surface area contributed by atoms with Crippen molar-refractivity contribution in [1.82, 2.24) is 0 Å². The van der Waals surface area contributed by atoms with Crippen LogP contribution in [0.3, 0.4) is 0 Å². The molecule has 84 valence electrons. The van der Waals surface area contributed by atoms with Gasteiger partial charge < -0.3 is 4.74 Å². The molecule has 15 heavy (non-hydrogen) atoms. The summed E-state index contributed by atoms with van der Waals surface area (Å²) >= 11 is 0.732. The molecule has 0 fully saturated rings. The van der Waals surface area contributed by atoms with Gasteiger partial charge in [0.2, 0.25) is 0 Å². The van der Waals surface area contributed by atoms with Gasteiger partial charge in [0.1, 0.15) is 4.88 Å². The van der Waals surface area contributed by atoms with E-state index in [-0.39, 0.29) is 11.0 Å². The number of hydrogen-bond acceptors (Lipinski definition) is 3. The lowest BCUT2D eigenvalue weighted by Gasteiger charge is -2.05. The van der Waals surface area contributed by atoms with Gasteiger partial charge in [-0.15, -0.1) is 11.3 Å². The first-order valence-electron chi connectivity index (χ1n) is 4.17. The molecule has 0 amide bonds. The lowest BCUT2D eigenvalue weighted by molar-refractivity contribution is -0.137. The second kappa shape index (κ2) is 4.22. The van der Waals surface area contributed by atoms with E-state index in [0.29, 0.717) is 0 Å². The van der Waals surface area contributed by atoms with Crippen LogP contribution in [0.15, 0.2) is 11.4 Å². The monoisotopic (exact) mass is 238 g/mol. The van der Waals surface area contributed by atoms with Crippen molar-refractivity contribution in [3.8, 4) is 0 Å². The Morgan fingerprint density at radius 1 is 1.47 bits per heavy atom. The molecular formula is C9H9F3O2S. The molecule has 0 unspecified atom stereocenters. The molecule has 0 saturated carbocycles. The maximum Gasteiger partial charge on any atom is 0.417 e. The summed E-state index contributed by atoms with van der Waals surface area (Å²) in [6.45, 7) is 3.27. The van der Waals surface area contributed by atoms with Gasteiger partial charge in [-0.2, -0.15) is 13.2 Å². The van der Waals surface area contributed by atoms with Gasteiger partial charge in [-0.1, -0.05) is 0 Å². The molecule has 0 spiro atoms. The molecule has 0 radical (unpaired) electrons. The van der Waals surface area contributed by atoms with Gasteiger partial charge in [-0.05, 0) is 19.9 Å². The maximum absolute atomic E-state index is 12.2. The van der Waals surface area contributed by atoms with E-state index in [2.05, 4.69) is 0 Å². The Balaban J connectivity index is 2.81. The molecule has 0 aromatic carbocycles. The topological polar surface area (TPSA) is 26.3 Å². The molecule has 1 aromatic heterocycles. The zero-order valence-corrected chi connectivity index (χ0v) is 8.91. The van der Waals surface area contributed by atoms with Crippen molar-refractivity contribution in [3.63, 3.8) is 0 Å². The van der Waals surface area contributed by atoms with E-state index >= 15 is 0 Å². The third kappa shape index (κ3) is 3.23. The van der Waals surface area contributed by atoms with E-state index in [1.54, 1.807) is 13.8 Å². The minimum Gasteiger partial charge on any atom is -0.459 e. The average Bonchev–Trinajstić information content (AvgIpc) is 2.48. The SMILES string of the molecule is CC(C)OC(=O)c1cc(C(F)(F)F)cs1. The van der Waals surface area contributed by atoms with Gasteiger partial charge in [0.25, 0.3) is 0 Å². The number of esters is 1. The van der Waals surface area contributed by atoms with Crippen molar-refractivity contribution >= 4 is 17.3 Å². The van der Waals surface area contributed by atoms with Crippen molar-refractivity contribution in [3.05, 3.63) is 21.9 Å². The first-order chi connectivity index (χ1) is 6.80. The van der Waals surface area contributed by atoms with Crippen LogP contribution in [0, 0.1) is 0 Å². The van der Waals surface area contributed by atoms with Crippen molar-refractivity contribution < 1.29 is 22.7 Å². The van der Waals surface area contributed by atoms with Crippen molar-refractivity contribution in [2.24, 2.45) is 0 Å². The van der Waals surface area contributed by atoms with E-state index in [4.69, 9.17) is 4.74 Å². The Kier molecular flexibility index (Phi) is 3.38. The Labute approximate surface area is 88.7 Å². The minimum absolute atomic E-state index is 0.0315. The number of alkyl halides is 3. The summed E-state index contributed by atoms with van der Waals surface area (Å²) in [5.41, 5.74) is -0.816. The Morgan fingerprint density at radius 3 is 2.47 bits per heavy atom. The van der Waals surface area contributed by atoms with Gasteiger partial charge in [-0.3, -0.25) is 0 Å². The van der Waals surface area contributed by atoms with Crippen LogP contribution in [0.4, 0.5) is 13.2 Å². The number of halogens is 3. The van der Waals surface area contributed by atoms with Crippen molar-refractivity contribution in [1.29, 1.82) is 0 Å². The highest BCUT2D eigenvalue weighted by atomic mass is 32.1. The Bertz CT molecular complexity index is 354. The molecular weight excluding hydrogens is 229 g/mol. The van der Waals surface area contributed by atoms with Crippen molar-refractivity contribution in [2.45, 2.75) is 26.1 Å². The first kappa shape index (κ1) is 12.0. The zero-order valence-electron chi connectivity index (χ0n) is 8.09. The largest absolute Gasteiger partial charge is 0.459 e. The third-order valence-corrected chi connectivity index (χ3v) is 2.38. The maximum atomic E-state index is 12.2. The van der Waals surface area contributed by atoms with E-state index < -0.39 is 17.7 Å². The fraction of sp³-hybridized carbons (Fsp3) is 0.444. The fourth-order valence-electron chi connectivity index (χ4n) is 0.864. The van der Waals surface area contributed by atoms with Crippen LogP contribution in [-0.4, -0.2) is 12.1 Å². The predicted molar refractivity (Wildman–Crippen MR) is 49.9 cm³/mol. The molecule has 0 aliphatic heterocycles. The molecule has 0 atom stereocenters. The van der Waals surface area contributed by atoms with Gasteiger partial charge in [-0.25, -0.2) is 4.79 Å². The quantitative estimate of drug-likeness (QED) is 0.739. The lowest BCUT2D eigenvalue weighted by Crippen LogP contribution is -2.10.